The van der Waals surface area contributed by atoms with Crippen LogP contribution < -0.4 is 0 Å². The number of rotatable bonds is 1. The second-order valence-electron chi connectivity index (χ2n) is 6.77. The van der Waals surface area contributed by atoms with Crippen LogP contribution in [0.3, 0.4) is 0 Å². The molecule has 0 saturated heterocycles. The molecule has 25 heavy (non-hydrogen) atoms. The van der Waals surface area contributed by atoms with Crippen molar-refractivity contribution in [1.29, 1.82) is 10.5 Å². The lowest BCUT2D eigenvalue weighted by atomic mass is 9.73. The molecule has 1 aliphatic rings. The molecule has 0 amide bonds. The monoisotopic (exact) mass is 371 g/mol. The molecule has 0 saturated carbocycles. The van der Waals surface area contributed by atoms with Crippen molar-refractivity contribution in [3.8, 4) is 12.1 Å². The van der Waals surface area contributed by atoms with Crippen molar-refractivity contribution >= 4 is 23.2 Å². The summed E-state index contributed by atoms with van der Waals surface area (Å²) in [7, 11) is 0. The Labute approximate surface area is 157 Å². The number of halogens is 2. The van der Waals surface area contributed by atoms with Gasteiger partial charge in [-0.3, -0.25) is 0 Å². The van der Waals surface area contributed by atoms with E-state index in [1.54, 1.807) is 37.3 Å². The standard InChI is InChI=1S/C19H15Cl2N3O/c1-18(2,3)17-15(24-5)16(11(9-22)10-23)25-19(17,4)13-7-6-12(20)8-14(13)21/h6-8H,1-4H3. The lowest BCUT2D eigenvalue weighted by Crippen LogP contribution is -2.31. The van der Waals surface area contributed by atoms with Crippen molar-refractivity contribution in [1.82, 2.24) is 0 Å². The summed E-state index contributed by atoms with van der Waals surface area (Å²) in [5.41, 5.74) is -0.323. The van der Waals surface area contributed by atoms with E-state index in [9.17, 15) is 10.5 Å². The average molecular weight is 372 g/mol. The van der Waals surface area contributed by atoms with Crippen molar-refractivity contribution in [2.45, 2.75) is 33.3 Å². The van der Waals surface area contributed by atoms with Crippen molar-refractivity contribution < 1.29 is 4.74 Å². The highest BCUT2D eigenvalue weighted by Gasteiger charge is 2.49. The van der Waals surface area contributed by atoms with E-state index in [1.165, 1.54) is 0 Å². The van der Waals surface area contributed by atoms with Gasteiger partial charge in [-0.2, -0.15) is 10.5 Å². The molecule has 0 radical (unpaired) electrons. The van der Waals surface area contributed by atoms with E-state index < -0.39 is 11.0 Å². The normalized spacial score (nSPS) is 19.7. The highest BCUT2D eigenvalue weighted by Crippen LogP contribution is 2.54. The fourth-order valence-corrected chi connectivity index (χ4v) is 3.77. The molecule has 2 rings (SSSR count). The van der Waals surface area contributed by atoms with Gasteiger partial charge in [-0.25, -0.2) is 4.85 Å². The predicted octanol–water partition coefficient (Wildman–Crippen LogP) is 5.76. The van der Waals surface area contributed by atoms with Crippen LogP contribution in [0.25, 0.3) is 4.85 Å². The van der Waals surface area contributed by atoms with Crippen LogP contribution >= 0.6 is 23.2 Å². The molecule has 1 aromatic rings. The third-order valence-corrected chi connectivity index (χ3v) is 4.54. The van der Waals surface area contributed by atoms with Gasteiger partial charge in [-0.1, -0.05) is 50.0 Å². The zero-order chi connectivity index (χ0) is 19.0. The van der Waals surface area contributed by atoms with Crippen LogP contribution in [-0.4, -0.2) is 0 Å². The Hall–Kier alpha value is -2.45. The molecule has 0 N–H and O–H groups in total. The number of hydrogen-bond donors (Lipinski definition) is 0. The largest absolute Gasteiger partial charge is 0.489 e. The van der Waals surface area contributed by atoms with Crippen LogP contribution in [0, 0.1) is 34.6 Å². The first-order valence-corrected chi connectivity index (χ1v) is 8.17. The van der Waals surface area contributed by atoms with E-state index >= 15 is 0 Å². The SMILES string of the molecule is [C-]#[N+]C1=C(C(C)(C)C)C(C)(c2ccc(Cl)cc2Cl)OC1=C(C#N)C#N. The van der Waals surface area contributed by atoms with Gasteiger partial charge < -0.3 is 4.74 Å². The van der Waals surface area contributed by atoms with Gasteiger partial charge in [-0.15, -0.1) is 0 Å². The molecule has 1 aliphatic heterocycles. The number of allylic oxidation sites excluding steroid dienone is 1. The van der Waals surface area contributed by atoms with E-state index in [0.29, 0.717) is 21.2 Å². The summed E-state index contributed by atoms with van der Waals surface area (Å²) in [5, 5.41) is 19.3. The van der Waals surface area contributed by atoms with Crippen molar-refractivity contribution in [3.63, 3.8) is 0 Å². The number of nitriles is 2. The highest BCUT2D eigenvalue weighted by molar-refractivity contribution is 6.35. The van der Waals surface area contributed by atoms with Crippen molar-refractivity contribution in [3.05, 3.63) is 67.8 Å². The maximum absolute atomic E-state index is 9.24. The summed E-state index contributed by atoms with van der Waals surface area (Å²) in [6, 6.07) is 8.63. The van der Waals surface area contributed by atoms with E-state index in [4.69, 9.17) is 34.5 Å². The Morgan fingerprint density at radius 3 is 2.28 bits per heavy atom. The Bertz CT molecular complexity index is 917. The highest BCUT2D eigenvalue weighted by atomic mass is 35.5. The van der Waals surface area contributed by atoms with Gasteiger partial charge in [0.2, 0.25) is 5.70 Å². The lowest BCUT2D eigenvalue weighted by molar-refractivity contribution is 0.0586. The maximum Gasteiger partial charge on any atom is 0.234 e. The number of ether oxygens (including phenoxy) is 1. The van der Waals surface area contributed by atoms with Gasteiger partial charge in [0.1, 0.15) is 17.7 Å². The Balaban J connectivity index is 2.91. The Kier molecular flexibility index (Phi) is 4.87. The molecule has 1 aromatic carbocycles. The first-order chi connectivity index (χ1) is 11.6. The van der Waals surface area contributed by atoms with E-state index in [2.05, 4.69) is 4.85 Å². The van der Waals surface area contributed by atoms with Gasteiger partial charge in [0, 0.05) is 15.6 Å². The van der Waals surface area contributed by atoms with Gasteiger partial charge in [0.15, 0.2) is 11.3 Å². The minimum absolute atomic E-state index is 0.00144. The fraction of sp³-hybridized carbons (Fsp3) is 0.316. The van der Waals surface area contributed by atoms with Crippen LogP contribution in [-0.2, 0) is 10.3 Å². The summed E-state index contributed by atoms with van der Waals surface area (Å²) in [6.07, 6.45) is 0. The fourth-order valence-electron chi connectivity index (χ4n) is 3.18. The number of hydrogen-bond acceptors (Lipinski definition) is 3. The first kappa shape index (κ1) is 18.9. The topological polar surface area (TPSA) is 61.2 Å². The van der Waals surface area contributed by atoms with Crippen LogP contribution in [0.5, 0.6) is 0 Å². The van der Waals surface area contributed by atoms with Gasteiger partial charge in [-0.05, 0) is 30.0 Å². The summed E-state index contributed by atoms with van der Waals surface area (Å²) >= 11 is 12.4. The smallest absolute Gasteiger partial charge is 0.234 e. The first-order valence-electron chi connectivity index (χ1n) is 7.42. The van der Waals surface area contributed by atoms with Gasteiger partial charge in [0.05, 0.1) is 6.57 Å². The molecule has 1 heterocycles. The third kappa shape index (κ3) is 3.10. The minimum Gasteiger partial charge on any atom is -0.489 e. The van der Waals surface area contributed by atoms with Crippen LogP contribution in [0.2, 0.25) is 10.0 Å². The maximum atomic E-state index is 9.24. The molecule has 4 nitrogen and oxygen atoms in total. The van der Waals surface area contributed by atoms with E-state index in [0.717, 1.165) is 0 Å². The van der Waals surface area contributed by atoms with Gasteiger partial charge >= 0.3 is 0 Å². The van der Waals surface area contributed by atoms with E-state index in [-0.39, 0.29) is 17.0 Å². The molecule has 0 bridgehead atoms. The molecular weight excluding hydrogens is 357 g/mol. The number of nitrogens with zero attached hydrogens (tertiary/aromatic N) is 3. The quantitative estimate of drug-likeness (QED) is 0.465. The lowest BCUT2D eigenvalue weighted by Gasteiger charge is -2.36. The minimum atomic E-state index is -1.09. The van der Waals surface area contributed by atoms with Crippen molar-refractivity contribution in [2.24, 2.45) is 5.41 Å². The van der Waals surface area contributed by atoms with Crippen molar-refractivity contribution in [2.75, 3.05) is 0 Å². The molecule has 1 atom stereocenters. The molecular formula is C19H15Cl2N3O. The molecule has 0 spiro atoms. The Morgan fingerprint density at radius 1 is 1.24 bits per heavy atom. The molecule has 1 unspecified atom stereocenters. The molecule has 6 heteroatoms. The molecule has 0 aliphatic carbocycles. The van der Waals surface area contributed by atoms with Crippen LogP contribution in [0.15, 0.2) is 40.8 Å². The zero-order valence-electron chi connectivity index (χ0n) is 14.2. The summed E-state index contributed by atoms with van der Waals surface area (Å²) in [6.45, 7) is 15.2. The zero-order valence-corrected chi connectivity index (χ0v) is 15.7. The van der Waals surface area contributed by atoms with E-state index in [1.807, 2.05) is 20.8 Å². The summed E-state index contributed by atoms with van der Waals surface area (Å²) in [4.78, 5) is 3.58. The number of benzene rings is 1. The second-order valence-corrected chi connectivity index (χ2v) is 7.62. The third-order valence-electron chi connectivity index (χ3n) is 3.99. The predicted molar refractivity (Wildman–Crippen MR) is 96.2 cm³/mol. The molecule has 126 valence electrons. The van der Waals surface area contributed by atoms with Crippen LogP contribution in [0.4, 0.5) is 0 Å². The van der Waals surface area contributed by atoms with Gasteiger partial charge in [0.25, 0.3) is 0 Å². The summed E-state index contributed by atoms with van der Waals surface area (Å²) < 4.78 is 6.06. The molecule has 0 aromatic heterocycles. The second kappa shape index (κ2) is 6.45. The molecule has 0 fully saturated rings. The summed E-state index contributed by atoms with van der Waals surface area (Å²) in [5.74, 6) is -0.00144. The van der Waals surface area contributed by atoms with Crippen LogP contribution in [0.1, 0.15) is 33.3 Å². The Morgan fingerprint density at radius 2 is 1.84 bits per heavy atom. The average Bonchev–Trinajstić information content (AvgIpc) is 2.82.